The number of aliphatic hydroxyl groups is 3. The monoisotopic (exact) mass is 403 g/mol. The van der Waals surface area contributed by atoms with Gasteiger partial charge in [0.2, 0.25) is 0 Å². The maximum absolute atomic E-state index is 10.3. The minimum Gasteiger partial charge on any atom is -0.394 e. The van der Waals surface area contributed by atoms with Gasteiger partial charge >= 0.3 is 0 Å². The minimum atomic E-state index is -1.19. The van der Waals surface area contributed by atoms with Crippen molar-refractivity contribution in [3.63, 3.8) is 0 Å². The Morgan fingerprint density at radius 1 is 1.25 bits per heavy atom. The fraction of sp³-hybridized carbons (Fsp3) is 0.500. The molecule has 9 nitrogen and oxygen atoms in total. The Hall–Kier alpha value is -2.11. The van der Waals surface area contributed by atoms with Gasteiger partial charge in [-0.1, -0.05) is 6.07 Å². The normalized spacial score (nSPS) is 28.7. The molecule has 2 aliphatic rings. The first-order chi connectivity index (χ1) is 13.6. The van der Waals surface area contributed by atoms with Crippen LogP contribution in [0.5, 0.6) is 0 Å². The first-order valence-electron chi connectivity index (χ1n) is 9.21. The van der Waals surface area contributed by atoms with Crippen LogP contribution in [-0.4, -0.2) is 66.3 Å². The zero-order valence-corrected chi connectivity index (χ0v) is 15.8. The summed E-state index contributed by atoms with van der Waals surface area (Å²) >= 11 is 1.77. The second-order valence-electron chi connectivity index (χ2n) is 7.39. The van der Waals surface area contributed by atoms with E-state index in [0.29, 0.717) is 17.0 Å². The van der Waals surface area contributed by atoms with Crippen LogP contribution in [0.4, 0.5) is 5.82 Å². The molecule has 4 N–H and O–H groups in total. The Labute approximate surface area is 164 Å². The minimum absolute atomic E-state index is 0.164. The molecule has 0 aromatic carbocycles. The molecule has 4 atom stereocenters. The maximum Gasteiger partial charge on any atom is 0.167 e. The van der Waals surface area contributed by atoms with E-state index < -0.39 is 24.5 Å². The van der Waals surface area contributed by atoms with Gasteiger partial charge in [0.1, 0.15) is 24.6 Å². The maximum atomic E-state index is 10.3. The van der Waals surface area contributed by atoms with Crippen LogP contribution >= 0.6 is 11.3 Å². The quantitative estimate of drug-likeness (QED) is 0.473. The van der Waals surface area contributed by atoms with Gasteiger partial charge in [0.05, 0.1) is 12.9 Å². The number of rotatable bonds is 6. The Balaban J connectivity index is 1.40. The summed E-state index contributed by atoms with van der Waals surface area (Å²) in [4.78, 5) is 14.4. The Morgan fingerprint density at radius 3 is 2.79 bits per heavy atom. The van der Waals surface area contributed by atoms with Crippen LogP contribution in [0.1, 0.15) is 23.9 Å². The molecule has 1 aliphatic carbocycles. The summed E-state index contributed by atoms with van der Waals surface area (Å²) in [5.41, 5.74) is 1.23. The van der Waals surface area contributed by atoms with E-state index in [4.69, 9.17) is 4.74 Å². The summed E-state index contributed by atoms with van der Waals surface area (Å²) in [6.45, 7) is 0.383. The number of thiophene rings is 1. The van der Waals surface area contributed by atoms with E-state index in [1.54, 1.807) is 15.9 Å². The van der Waals surface area contributed by atoms with Crippen molar-refractivity contribution in [2.45, 2.75) is 42.8 Å². The second-order valence-corrected chi connectivity index (χ2v) is 8.33. The third-order valence-electron chi connectivity index (χ3n) is 5.64. The Kier molecular flexibility index (Phi) is 4.33. The highest BCUT2D eigenvalue weighted by Crippen LogP contribution is 2.50. The largest absolute Gasteiger partial charge is 0.394 e. The lowest BCUT2D eigenvalue weighted by Gasteiger charge is -2.17. The van der Waals surface area contributed by atoms with E-state index in [0.717, 1.165) is 19.4 Å². The highest BCUT2D eigenvalue weighted by atomic mass is 32.1. The van der Waals surface area contributed by atoms with Gasteiger partial charge in [0.25, 0.3) is 0 Å². The molecule has 2 unspecified atom stereocenters. The van der Waals surface area contributed by atoms with E-state index in [9.17, 15) is 15.3 Å². The van der Waals surface area contributed by atoms with Gasteiger partial charge < -0.3 is 25.4 Å². The smallest absolute Gasteiger partial charge is 0.167 e. The van der Waals surface area contributed by atoms with E-state index in [1.165, 1.54) is 17.5 Å². The summed E-state index contributed by atoms with van der Waals surface area (Å²) in [6.07, 6.45) is 1.16. The summed E-state index contributed by atoms with van der Waals surface area (Å²) in [5.74, 6) is 0.623. The zero-order valence-electron chi connectivity index (χ0n) is 15.0. The summed E-state index contributed by atoms with van der Waals surface area (Å²) in [6, 6.07) is 4.25. The molecule has 0 bridgehead atoms. The van der Waals surface area contributed by atoms with Crippen LogP contribution in [0.3, 0.4) is 0 Å². The Morgan fingerprint density at radius 2 is 2.11 bits per heavy atom. The van der Waals surface area contributed by atoms with Crippen molar-refractivity contribution in [2.75, 3.05) is 18.5 Å². The predicted octanol–water partition coefficient (Wildman–Crippen LogP) is 0.643. The highest BCUT2D eigenvalue weighted by Gasteiger charge is 2.45. The fourth-order valence-corrected chi connectivity index (χ4v) is 4.76. The molecule has 4 heterocycles. The molecule has 28 heavy (non-hydrogen) atoms. The fourth-order valence-electron chi connectivity index (χ4n) is 3.77. The molecule has 0 amide bonds. The van der Waals surface area contributed by atoms with Crippen molar-refractivity contribution in [3.8, 4) is 0 Å². The number of hydrogen-bond acceptors (Lipinski definition) is 9. The van der Waals surface area contributed by atoms with Crippen LogP contribution in [-0.2, 0) is 10.2 Å². The number of nitrogens with one attached hydrogen (secondary N) is 1. The molecule has 3 aromatic heterocycles. The Bertz CT molecular complexity index is 974. The number of nitrogens with zero attached hydrogens (tertiary/aromatic N) is 4. The number of aliphatic hydroxyl groups excluding tert-OH is 3. The number of hydrogen-bond donors (Lipinski definition) is 4. The summed E-state index contributed by atoms with van der Waals surface area (Å²) in [7, 11) is 0. The van der Waals surface area contributed by atoms with E-state index >= 15 is 0 Å². The molecule has 1 saturated carbocycles. The van der Waals surface area contributed by atoms with Gasteiger partial charge in [0, 0.05) is 16.8 Å². The van der Waals surface area contributed by atoms with Crippen LogP contribution in [0.2, 0.25) is 0 Å². The van der Waals surface area contributed by atoms with Gasteiger partial charge in [-0.05, 0) is 24.3 Å². The van der Waals surface area contributed by atoms with Gasteiger partial charge in [-0.2, -0.15) is 0 Å². The third-order valence-corrected chi connectivity index (χ3v) is 6.76. The van der Waals surface area contributed by atoms with E-state index in [2.05, 4.69) is 37.8 Å². The molecule has 0 radical (unpaired) electrons. The third kappa shape index (κ3) is 2.80. The number of ether oxygens (including phenoxy) is 1. The van der Waals surface area contributed by atoms with Gasteiger partial charge in [0.15, 0.2) is 23.2 Å². The SMILES string of the molecule is OC[C@H]1O[C@@H](n2cnc3c(NCC4(c5cccs5)CC4)ncnc32)C(O)C1O. The molecule has 1 aliphatic heterocycles. The topological polar surface area (TPSA) is 126 Å². The summed E-state index contributed by atoms with van der Waals surface area (Å²) in [5, 5.41) is 35.1. The average Bonchev–Trinajstić information content (AvgIpc) is 3.06. The summed E-state index contributed by atoms with van der Waals surface area (Å²) < 4.78 is 7.16. The molecule has 1 saturated heterocycles. The first-order valence-corrected chi connectivity index (χ1v) is 10.1. The predicted molar refractivity (Wildman–Crippen MR) is 102 cm³/mol. The molecule has 2 fully saturated rings. The van der Waals surface area contributed by atoms with Crippen LogP contribution in [0.25, 0.3) is 11.2 Å². The van der Waals surface area contributed by atoms with Crippen molar-refractivity contribution >= 4 is 28.3 Å². The lowest BCUT2D eigenvalue weighted by atomic mass is 10.1. The van der Waals surface area contributed by atoms with Gasteiger partial charge in [-0.15, -0.1) is 11.3 Å². The molecular formula is C18H21N5O4S. The van der Waals surface area contributed by atoms with Crippen LogP contribution < -0.4 is 5.32 Å². The molecule has 5 rings (SSSR count). The van der Waals surface area contributed by atoms with Crippen molar-refractivity contribution in [3.05, 3.63) is 35.0 Å². The molecule has 148 valence electrons. The molecule has 10 heteroatoms. The second kappa shape index (κ2) is 6.75. The van der Waals surface area contributed by atoms with Crippen molar-refractivity contribution < 1.29 is 20.1 Å². The highest BCUT2D eigenvalue weighted by molar-refractivity contribution is 7.10. The number of aromatic nitrogens is 4. The lowest BCUT2D eigenvalue weighted by Crippen LogP contribution is -2.33. The molecular weight excluding hydrogens is 382 g/mol. The van der Waals surface area contributed by atoms with Gasteiger partial charge in [-0.3, -0.25) is 4.57 Å². The molecule has 3 aromatic rings. The van der Waals surface area contributed by atoms with E-state index in [1.807, 2.05) is 0 Å². The average molecular weight is 403 g/mol. The van der Waals surface area contributed by atoms with Crippen LogP contribution in [0.15, 0.2) is 30.2 Å². The van der Waals surface area contributed by atoms with Crippen molar-refractivity contribution in [1.82, 2.24) is 19.5 Å². The van der Waals surface area contributed by atoms with E-state index in [-0.39, 0.29) is 12.0 Å². The standard InChI is InChI=1S/C18H21N5O4S/c24-6-10-13(25)14(26)17(27-10)23-9-22-12-15(20-8-21-16(12)23)19-7-18(3-4-18)11-2-1-5-28-11/h1-2,5,8-10,13-14,17,24-26H,3-4,6-7H2,(H,19,20,21)/t10-,13?,14?,17-/m1/s1. The number of fused-ring (bicyclic) bond motifs is 1. The number of imidazole rings is 1. The first kappa shape index (κ1) is 18.0. The van der Waals surface area contributed by atoms with Crippen molar-refractivity contribution in [1.29, 1.82) is 0 Å². The van der Waals surface area contributed by atoms with Crippen LogP contribution in [0, 0.1) is 0 Å². The van der Waals surface area contributed by atoms with Gasteiger partial charge in [-0.25, -0.2) is 15.0 Å². The molecule has 0 spiro atoms. The van der Waals surface area contributed by atoms with Crippen molar-refractivity contribution in [2.24, 2.45) is 0 Å². The zero-order chi connectivity index (χ0) is 19.3. The number of anilines is 1. The lowest BCUT2D eigenvalue weighted by molar-refractivity contribution is -0.0511.